The van der Waals surface area contributed by atoms with Crippen LogP contribution in [0.1, 0.15) is 57.2 Å². The molecule has 0 unspecified atom stereocenters. The highest BCUT2D eigenvalue weighted by atomic mass is 16.3. The van der Waals surface area contributed by atoms with Crippen molar-refractivity contribution < 1.29 is 8.98 Å². The van der Waals surface area contributed by atoms with Crippen molar-refractivity contribution in [2.45, 2.75) is 58.3 Å². The fourth-order valence-electron chi connectivity index (χ4n) is 5.92. The van der Waals surface area contributed by atoms with E-state index in [4.69, 9.17) is 9.40 Å². The van der Waals surface area contributed by atoms with Crippen LogP contribution < -0.4 is 4.57 Å². The Morgan fingerprint density at radius 1 is 0.879 bits per heavy atom. The molecule has 6 rings (SSSR count). The maximum absolute atomic E-state index is 6.86. The molecular weight excluding hydrogens is 404 g/mol. The molecule has 3 heteroatoms. The zero-order chi connectivity index (χ0) is 23.1. The predicted octanol–water partition coefficient (Wildman–Crippen LogP) is 7.28. The second-order valence-electron chi connectivity index (χ2n) is 11.1. The van der Waals surface area contributed by atoms with Crippen molar-refractivity contribution in [2.75, 3.05) is 0 Å². The molecule has 0 saturated heterocycles. The summed E-state index contributed by atoms with van der Waals surface area (Å²) in [7, 11) is 2.04. The summed E-state index contributed by atoms with van der Waals surface area (Å²) in [4.78, 5) is 4.71. The minimum absolute atomic E-state index is 0.101. The lowest BCUT2D eigenvalue weighted by molar-refractivity contribution is -0.663. The van der Waals surface area contributed by atoms with Crippen LogP contribution in [-0.2, 0) is 17.9 Å². The molecule has 1 aliphatic rings. The number of aromatic nitrogens is 2. The Morgan fingerprint density at radius 3 is 2.36 bits per heavy atom. The van der Waals surface area contributed by atoms with E-state index < -0.39 is 0 Å². The van der Waals surface area contributed by atoms with Gasteiger partial charge in [0.25, 0.3) is 0 Å². The van der Waals surface area contributed by atoms with E-state index in [0.29, 0.717) is 0 Å². The summed E-state index contributed by atoms with van der Waals surface area (Å²) in [6.07, 6.45) is 6.28. The first kappa shape index (κ1) is 20.4. The third-order valence-corrected chi connectivity index (χ3v) is 7.93. The van der Waals surface area contributed by atoms with Crippen LogP contribution in [0.25, 0.3) is 44.1 Å². The van der Waals surface area contributed by atoms with Crippen molar-refractivity contribution in [3.05, 3.63) is 71.5 Å². The minimum atomic E-state index is 0.101. The van der Waals surface area contributed by atoms with Crippen molar-refractivity contribution in [3.8, 4) is 11.4 Å². The van der Waals surface area contributed by atoms with Crippen LogP contribution in [0, 0.1) is 6.92 Å². The third kappa shape index (κ3) is 2.81. The molecule has 2 aromatic heterocycles. The van der Waals surface area contributed by atoms with Crippen molar-refractivity contribution in [1.29, 1.82) is 0 Å². The Balaban J connectivity index is 1.80. The van der Waals surface area contributed by atoms with Gasteiger partial charge < -0.3 is 4.42 Å². The largest absolute Gasteiger partial charge is 0.454 e. The van der Waals surface area contributed by atoms with Gasteiger partial charge in [0.2, 0.25) is 0 Å². The highest BCUT2D eigenvalue weighted by Crippen LogP contribution is 2.50. The van der Waals surface area contributed by atoms with Gasteiger partial charge in [0, 0.05) is 22.2 Å². The van der Waals surface area contributed by atoms with Gasteiger partial charge in [-0.05, 0) is 63.7 Å². The lowest BCUT2D eigenvalue weighted by Gasteiger charge is -2.42. The van der Waals surface area contributed by atoms with Crippen molar-refractivity contribution in [1.82, 2.24) is 4.98 Å². The molecule has 0 spiro atoms. The number of fused-ring (bicyclic) bond motifs is 7. The molecule has 5 aromatic rings. The van der Waals surface area contributed by atoms with Gasteiger partial charge in [-0.3, -0.25) is 0 Å². The number of aryl methyl sites for hydroxylation is 2. The standard InChI is InChI=1S/C30H31N2O/c1-18-8-11-20-21-12-9-19-10-13-22-25(30(4,5)15-14-29(22,2)3)24(19)27(21)33-26(20)23(18)28-31-16-7-17-32(28)6/h7-13,16-17H,14-15H2,1-6H3/q+1. The van der Waals surface area contributed by atoms with Crippen molar-refractivity contribution in [3.63, 3.8) is 0 Å². The number of hydrogen-bond acceptors (Lipinski definition) is 2. The van der Waals surface area contributed by atoms with E-state index in [9.17, 15) is 0 Å². The van der Waals surface area contributed by atoms with E-state index in [-0.39, 0.29) is 10.8 Å². The minimum Gasteiger partial charge on any atom is -0.454 e. The highest BCUT2D eigenvalue weighted by molar-refractivity contribution is 6.18. The maximum atomic E-state index is 6.86. The van der Waals surface area contributed by atoms with Crippen molar-refractivity contribution >= 4 is 32.7 Å². The smallest absolute Gasteiger partial charge is 0.334 e. The van der Waals surface area contributed by atoms with E-state index in [2.05, 4.69) is 75.6 Å². The Morgan fingerprint density at radius 2 is 1.58 bits per heavy atom. The molecule has 3 aromatic carbocycles. The second-order valence-corrected chi connectivity index (χ2v) is 11.1. The molecule has 166 valence electrons. The third-order valence-electron chi connectivity index (χ3n) is 7.93. The number of nitrogens with zero attached hydrogens (tertiary/aromatic N) is 2. The molecule has 0 bridgehead atoms. The van der Waals surface area contributed by atoms with Crippen LogP contribution in [0.2, 0.25) is 0 Å². The van der Waals surface area contributed by atoms with E-state index in [1.807, 2.05) is 25.5 Å². The first-order chi connectivity index (χ1) is 15.7. The summed E-state index contributed by atoms with van der Waals surface area (Å²) in [5.74, 6) is 0.924. The fourth-order valence-corrected chi connectivity index (χ4v) is 5.92. The molecule has 0 aliphatic heterocycles. The van der Waals surface area contributed by atoms with Crippen molar-refractivity contribution in [2.24, 2.45) is 7.05 Å². The molecule has 1 aliphatic carbocycles. The highest BCUT2D eigenvalue weighted by Gasteiger charge is 2.39. The summed E-state index contributed by atoms with van der Waals surface area (Å²) >= 11 is 0. The van der Waals surface area contributed by atoms with Gasteiger partial charge in [-0.15, -0.1) is 0 Å². The lowest BCUT2D eigenvalue weighted by atomic mass is 9.62. The van der Waals surface area contributed by atoms with E-state index >= 15 is 0 Å². The molecule has 3 nitrogen and oxygen atoms in total. The van der Waals surface area contributed by atoms with Gasteiger partial charge in [-0.1, -0.05) is 58.0 Å². The average Bonchev–Trinajstić information content (AvgIpc) is 3.16. The number of furan rings is 1. The summed E-state index contributed by atoms with van der Waals surface area (Å²) in [6, 6.07) is 15.5. The van der Waals surface area contributed by atoms with Crippen LogP contribution in [0.15, 0.2) is 59.3 Å². The summed E-state index contributed by atoms with van der Waals surface area (Å²) in [6.45, 7) is 11.7. The second kappa shape index (κ2) is 6.66. The lowest BCUT2D eigenvalue weighted by Crippen LogP contribution is -2.34. The van der Waals surface area contributed by atoms with Crippen LogP contribution in [-0.4, -0.2) is 4.98 Å². The molecule has 0 radical (unpaired) electrons. The number of rotatable bonds is 1. The number of hydrogen-bond donors (Lipinski definition) is 0. The zero-order valence-electron chi connectivity index (χ0n) is 20.4. The number of benzene rings is 3. The quantitative estimate of drug-likeness (QED) is 0.259. The van der Waals surface area contributed by atoms with Gasteiger partial charge >= 0.3 is 5.82 Å². The van der Waals surface area contributed by atoms with Crippen LogP contribution >= 0.6 is 0 Å². The summed E-state index contributed by atoms with van der Waals surface area (Å²) in [5, 5.41) is 4.88. The maximum Gasteiger partial charge on any atom is 0.334 e. The molecule has 33 heavy (non-hydrogen) atoms. The average molecular weight is 436 g/mol. The van der Waals surface area contributed by atoms with Gasteiger partial charge in [0.1, 0.15) is 17.3 Å². The van der Waals surface area contributed by atoms with Gasteiger partial charge in [0.15, 0.2) is 5.58 Å². The molecule has 2 heterocycles. The zero-order valence-corrected chi connectivity index (χ0v) is 20.4. The predicted molar refractivity (Wildman–Crippen MR) is 136 cm³/mol. The van der Waals surface area contributed by atoms with E-state index in [1.54, 1.807) is 0 Å². The van der Waals surface area contributed by atoms with E-state index in [1.165, 1.54) is 45.7 Å². The Bertz CT molecular complexity index is 1590. The first-order valence-corrected chi connectivity index (χ1v) is 11.9. The Hall–Kier alpha value is -3.20. The SMILES string of the molecule is Cc1ccc2c(oc3c2ccc2ccc4c(c23)C(C)(C)CCC4(C)C)c1-c1nccc[n+]1C. The molecule has 0 N–H and O–H groups in total. The monoisotopic (exact) mass is 435 g/mol. The van der Waals surface area contributed by atoms with Crippen LogP contribution in [0.3, 0.4) is 0 Å². The first-order valence-electron chi connectivity index (χ1n) is 11.9. The topological polar surface area (TPSA) is 29.9 Å². The van der Waals surface area contributed by atoms with E-state index in [0.717, 1.165) is 27.9 Å². The summed E-state index contributed by atoms with van der Waals surface area (Å²) in [5.41, 5.74) is 7.37. The summed E-state index contributed by atoms with van der Waals surface area (Å²) < 4.78 is 8.93. The van der Waals surface area contributed by atoms with Crippen LogP contribution in [0.4, 0.5) is 0 Å². The van der Waals surface area contributed by atoms with Crippen LogP contribution in [0.5, 0.6) is 0 Å². The molecule has 0 atom stereocenters. The normalized spacial score (nSPS) is 17.0. The van der Waals surface area contributed by atoms with Gasteiger partial charge in [-0.25, -0.2) is 4.57 Å². The molecule has 0 fully saturated rings. The Kier molecular flexibility index (Phi) is 4.12. The Labute approximate surface area is 195 Å². The molecule has 0 saturated carbocycles. The molecular formula is C30H31N2O+. The van der Waals surface area contributed by atoms with Gasteiger partial charge in [0.05, 0.1) is 13.2 Å². The molecule has 0 amide bonds. The van der Waals surface area contributed by atoms with Gasteiger partial charge in [-0.2, -0.15) is 0 Å². The fraction of sp³-hybridized carbons (Fsp3) is 0.333.